The molecule has 0 N–H and O–H groups in total. The van der Waals surface area contributed by atoms with Crippen molar-refractivity contribution in [1.29, 1.82) is 0 Å². The first-order valence-corrected chi connectivity index (χ1v) is 7.39. The zero-order valence-corrected chi connectivity index (χ0v) is 13.0. The number of hydrogen-bond donors (Lipinski definition) is 0. The zero-order chi connectivity index (χ0) is 14.7. The summed E-state index contributed by atoms with van der Waals surface area (Å²) in [5, 5.41) is 3.99. The van der Waals surface area contributed by atoms with Gasteiger partial charge in [0, 0.05) is 44.7 Å². The summed E-state index contributed by atoms with van der Waals surface area (Å²) in [4.78, 5) is 16.4. The summed E-state index contributed by atoms with van der Waals surface area (Å²) in [6.45, 7) is 12.5. The standard InChI is InChI=1S/C15H25N3O2/c1-11(2)9-15(19)18-7-5-17(6-8-18)10-14-12(3)16-20-13(14)4/h11H,5-10H2,1-4H3. The molecule has 1 saturated heterocycles. The second-order valence-electron chi connectivity index (χ2n) is 6.06. The first-order chi connectivity index (χ1) is 9.47. The molecule has 1 aromatic rings. The van der Waals surface area contributed by atoms with Crippen molar-refractivity contribution in [2.75, 3.05) is 26.2 Å². The van der Waals surface area contributed by atoms with Gasteiger partial charge in [0.1, 0.15) is 5.76 Å². The molecule has 0 saturated carbocycles. The number of carbonyl (C=O) groups is 1. The third-order valence-corrected chi connectivity index (χ3v) is 3.87. The molecule has 5 heteroatoms. The summed E-state index contributed by atoms with van der Waals surface area (Å²) in [6, 6.07) is 0. The third-order valence-electron chi connectivity index (χ3n) is 3.87. The van der Waals surface area contributed by atoms with E-state index in [1.165, 1.54) is 5.56 Å². The molecule has 0 aromatic carbocycles. The smallest absolute Gasteiger partial charge is 0.222 e. The van der Waals surface area contributed by atoms with E-state index >= 15 is 0 Å². The lowest BCUT2D eigenvalue weighted by Crippen LogP contribution is -2.48. The molecule has 0 atom stereocenters. The van der Waals surface area contributed by atoms with Crippen LogP contribution >= 0.6 is 0 Å². The van der Waals surface area contributed by atoms with Gasteiger partial charge in [-0.15, -0.1) is 0 Å². The van der Waals surface area contributed by atoms with E-state index in [0.29, 0.717) is 12.3 Å². The third kappa shape index (κ3) is 3.60. The quantitative estimate of drug-likeness (QED) is 0.845. The molecule has 112 valence electrons. The topological polar surface area (TPSA) is 49.6 Å². The van der Waals surface area contributed by atoms with Gasteiger partial charge in [-0.2, -0.15) is 0 Å². The normalized spacial score (nSPS) is 16.9. The monoisotopic (exact) mass is 279 g/mol. The van der Waals surface area contributed by atoms with Gasteiger partial charge in [0.2, 0.25) is 5.91 Å². The van der Waals surface area contributed by atoms with Crippen molar-refractivity contribution in [2.24, 2.45) is 5.92 Å². The van der Waals surface area contributed by atoms with E-state index in [9.17, 15) is 4.79 Å². The zero-order valence-electron chi connectivity index (χ0n) is 13.0. The summed E-state index contributed by atoms with van der Waals surface area (Å²) < 4.78 is 5.20. The van der Waals surface area contributed by atoms with Gasteiger partial charge in [0.15, 0.2) is 0 Å². The number of piperazine rings is 1. The minimum Gasteiger partial charge on any atom is -0.361 e. The Morgan fingerprint density at radius 1 is 1.25 bits per heavy atom. The molecule has 2 rings (SSSR count). The van der Waals surface area contributed by atoms with Crippen molar-refractivity contribution in [3.8, 4) is 0 Å². The van der Waals surface area contributed by atoms with Crippen LogP contribution < -0.4 is 0 Å². The van der Waals surface area contributed by atoms with E-state index in [4.69, 9.17) is 4.52 Å². The molecular weight excluding hydrogens is 254 g/mol. The van der Waals surface area contributed by atoms with Crippen molar-refractivity contribution in [3.63, 3.8) is 0 Å². The van der Waals surface area contributed by atoms with Crippen LogP contribution in [0.5, 0.6) is 0 Å². The van der Waals surface area contributed by atoms with Crippen LogP contribution in [0, 0.1) is 19.8 Å². The number of hydrogen-bond acceptors (Lipinski definition) is 4. The maximum atomic E-state index is 12.0. The van der Waals surface area contributed by atoms with E-state index in [2.05, 4.69) is 23.9 Å². The van der Waals surface area contributed by atoms with E-state index in [0.717, 1.165) is 44.2 Å². The molecule has 1 fully saturated rings. The number of aromatic nitrogens is 1. The van der Waals surface area contributed by atoms with Gasteiger partial charge in [-0.3, -0.25) is 9.69 Å². The first kappa shape index (κ1) is 15.0. The van der Waals surface area contributed by atoms with Crippen LogP contribution in [-0.2, 0) is 11.3 Å². The summed E-state index contributed by atoms with van der Waals surface area (Å²) in [5.41, 5.74) is 2.16. The van der Waals surface area contributed by atoms with E-state index < -0.39 is 0 Å². The van der Waals surface area contributed by atoms with Gasteiger partial charge in [0.05, 0.1) is 5.69 Å². The predicted octanol–water partition coefficient (Wildman–Crippen LogP) is 1.98. The molecule has 1 aliphatic heterocycles. The SMILES string of the molecule is Cc1noc(C)c1CN1CCN(C(=O)CC(C)C)CC1. The summed E-state index contributed by atoms with van der Waals surface area (Å²) in [6.07, 6.45) is 0.657. The Bertz CT molecular complexity index is 440. The molecule has 0 unspecified atom stereocenters. The van der Waals surface area contributed by atoms with Crippen LogP contribution in [-0.4, -0.2) is 47.0 Å². The molecule has 1 aliphatic rings. The number of carbonyl (C=O) groups excluding carboxylic acids is 1. The molecule has 0 spiro atoms. The second kappa shape index (κ2) is 6.39. The first-order valence-electron chi connectivity index (χ1n) is 7.39. The molecule has 0 radical (unpaired) electrons. The number of rotatable bonds is 4. The highest BCUT2D eigenvalue weighted by molar-refractivity contribution is 5.76. The highest BCUT2D eigenvalue weighted by atomic mass is 16.5. The molecular formula is C15H25N3O2. The molecule has 2 heterocycles. The highest BCUT2D eigenvalue weighted by Crippen LogP contribution is 2.16. The fourth-order valence-corrected chi connectivity index (χ4v) is 2.58. The maximum Gasteiger partial charge on any atom is 0.222 e. The van der Waals surface area contributed by atoms with Crippen LogP contribution in [0.2, 0.25) is 0 Å². The van der Waals surface area contributed by atoms with Crippen LogP contribution in [0.15, 0.2) is 4.52 Å². The minimum absolute atomic E-state index is 0.289. The van der Waals surface area contributed by atoms with Crippen LogP contribution in [0.25, 0.3) is 0 Å². The van der Waals surface area contributed by atoms with Gasteiger partial charge in [-0.05, 0) is 19.8 Å². The summed E-state index contributed by atoms with van der Waals surface area (Å²) in [5.74, 6) is 1.63. The fraction of sp³-hybridized carbons (Fsp3) is 0.733. The van der Waals surface area contributed by atoms with Crippen LogP contribution in [0.3, 0.4) is 0 Å². The highest BCUT2D eigenvalue weighted by Gasteiger charge is 2.23. The fourth-order valence-electron chi connectivity index (χ4n) is 2.58. The van der Waals surface area contributed by atoms with Crippen LogP contribution in [0.4, 0.5) is 0 Å². The Balaban J connectivity index is 1.84. The summed E-state index contributed by atoms with van der Waals surface area (Å²) >= 11 is 0. The van der Waals surface area contributed by atoms with Gasteiger partial charge < -0.3 is 9.42 Å². The lowest BCUT2D eigenvalue weighted by molar-refractivity contribution is -0.133. The van der Waals surface area contributed by atoms with Crippen molar-refractivity contribution < 1.29 is 9.32 Å². The van der Waals surface area contributed by atoms with Crippen molar-refractivity contribution in [2.45, 2.75) is 40.7 Å². The van der Waals surface area contributed by atoms with E-state index in [1.54, 1.807) is 0 Å². The molecule has 0 bridgehead atoms. The van der Waals surface area contributed by atoms with Gasteiger partial charge in [-0.1, -0.05) is 19.0 Å². The van der Waals surface area contributed by atoms with Gasteiger partial charge in [0.25, 0.3) is 0 Å². The Morgan fingerprint density at radius 3 is 2.40 bits per heavy atom. The Hall–Kier alpha value is -1.36. The van der Waals surface area contributed by atoms with Crippen molar-refractivity contribution >= 4 is 5.91 Å². The minimum atomic E-state index is 0.289. The largest absolute Gasteiger partial charge is 0.361 e. The average molecular weight is 279 g/mol. The lowest BCUT2D eigenvalue weighted by Gasteiger charge is -2.35. The second-order valence-corrected chi connectivity index (χ2v) is 6.06. The Kier molecular flexibility index (Phi) is 4.81. The Labute approximate surface area is 120 Å². The molecule has 0 aliphatic carbocycles. The van der Waals surface area contributed by atoms with Crippen molar-refractivity contribution in [3.05, 3.63) is 17.0 Å². The maximum absolute atomic E-state index is 12.0. The van der Waals surface area contributed by atoms with Crippen LogP contribution in [0.1, 0.15) is 37.3 Å². The molecule has 5 nitrogen and oxygen atoms in total. The number of nitrogens with zero attached hydrogens (tertiary/aromatic N) is 3. The van der Waals surface area contributed by atoms with Crippen molar-refractivity contribution in [1.82, 2.24) is 15.0 Å². The Morgan fingerprint density at radius 2 is 1.90 bits per heavy atom. The summed E-state index contributed by atoms with van der Waals surface area (Å²) in [7, 11) is 0. The lowest BCUT2D eigenvalue weighted by atomic mass is 10.1. The van der Waals surface area contributed by atoms with Gasteiger partial charge >= 0.3 is 0 Å². The van der Waals surface area contributed by atoms with E-state index in [-0.39, 0.29) is 5.91 Å². The average Bonchev–Trinajstić information content (AvgIpc) is 2.70. The predicted molar refractivity (Wildman–Crippen MR) is 77.3 cm³/mol. The molecule has 1 amide bonds. The van der Waals surface area contributed by atoms with Gasteiger partial charge in [-0.25, -0.2) is 0 Å². The number of aryl methyl sites for hydroxylation is 2. The molecule has 1 aromatic heterocycles. The number of amides is 1. The molecule has 20 heavy (non-hydrogen) atoms. The van der Waals surface area contributed by atoms with E-state index in [1.807, 2.05) is 18.7 Å².